The molecule has 118 valence electrons. The van der Waals surface area contributed by atoms with E-state index in [1.165, 1.54) is 6.07 Å². The zero-order valence-electron chi connectivity index (χ0n) is 11.3. The van der Waals surface area contributed by atoms with E-state index in [0.717, 1.165) is 19.3 Å². The predicted octanol–water partition coefficient (Wildman–Crippen LogP) is 4.37. The molecule has 21 heavy (non-hydrogen) atoms. The maximum atomic E-state index is 11.7. The molecule has 1 aliphatic rings. The molecule has 0 saturated heterocycles. The van der Waals surface area contributed by atoms with Crippen LogP contribution >= 0.6 is 38.2 Å². The van der Waals surface area contributed by atoms with E-state index in [0.29, 0.717) is 10.9 Å². The third-order valence-electron chi connectivity index (χ3n) is 3.43. The van der Waals surface area contributed by atoms with Crippen LogP contribution in [0.3, 0.4) is 0 Å². The molecule has 0 N–H and O–H groups in total. The molecule has 0 amide bonds. The number of rotatable bonds is 4. The Balaban J connectivity index is 2.31. The first-order chi connectivity index (χ1) is 9.81. The van der Waals surface area contributed by atoms with E-state index in [4.69, 9.17) is 31.8 Å². The predicted molar refractivity (Wildman–Crippen MR) is 85.9 cm³/mol. The molecule has 0 aromatic heterocycles. The minimum absolute atomic E-state index is 0.108. The Bertz CT molecular complexity index is 621. The van der Waals surface area contributed by atoms with E-state index in [-0.39, 0.29) is 27.9 Å². The minimum Gasteiger partial charge on any atom is -0.487 e. The number of halogens is 3. The third kappa shape index (κ3) is 4.48. The second-order valence-corrected chi connectivity index (χ2v) is 8.77. The van der Waals surface area contributed by atoms with Gasteiger partial charge in [-0.25, -0.2) is 8.42 Å². The molecule has 2 atom stereocenters. The molecule has 1 aromatic rings. The molecule has 1 fully saturated rings. The van der Waals surface area contributed by atoms with Crippen LogP contribution in [-0.2, 0) is 13.8 Å². The summed E-state index contributed by atoms with van der Waals surface area (Å²) in [5.41, 5.74) is 0. The number of hydrogen-bond acceptors (Lipinski definition) is 4. The van der Waals surface area contributed by atoms with Gasteiger partial charge in [-0.1, -0.05) is 27.5 Å². The second kappa shape index (κ2) is 7.04. The molecule has 0 heterocycles. The molecule has 0 bridgehead atoms. The Morgan fingerprint density at radius 1 is 1.29 bits per heavy atom. The van der Waals surface area contributed by atoms with Gasteiger partial charge in [0, 0.05) is 28.7 Å². The molecule has 1 aromatic carbocycles. The Morgan fingerprint density at radius 3 is 2.57 bits per heavy atom. The molecule has 1 saturated carbocycles. The molecule has 4 nitrogen and oxygen atoms in total. The molecular weight excluding hydrogens is 403 g/mol. The average Bonchev–Trinajstić information content (AvgIpc) is 2.40. The Morgan fingerprint density at radius 2 is 1.95 bits per heavy atom. The summed E-state index contributed by atoms with van der Waals surface area (Å²) in [5, 5.41) is 0.211. The highest BCUT2D eigenvalue weighted by molar-refractivity contribution is 9.10. The minimum atomic E-state index is -3.95. The lowest BCUT2D eigenvalue weighted by atomic mass is 9.95. The van der Waals surface area contributed by atoms with Crippen LogP contribution in [0.25, 0.3) is 0 Å². The van der Waals surface area contributed by atoms with Gasteiger partial charge < -0.3 is 9.47 Å². The number of ether oxygens (including phenoxy) is 2. The van der Waals surface area contributed by atoms with Crippen molar-refractivity contribution in [3.8, 4) is 5.75 Å². The summed E-state index contributed by atoms with van der Waals surface area (Å²) < 4.78 is 35.1. The van der Waals surface area contributed by atoms with Crippen LogP contribution in [-0.4, -0.2) is 27.7 Å². The highest BCUT2D eigenvalue weighted by Crippen LogP contribution is 2.39. The molecular formula is C13H15BrCl2O4S. The topological polar surface area (TPSA) is 52.6 Å². The van der Waals surface area contributed by atoms with E-state index in [9.17, 15) is 8.42 Å². The summed E-state index contributed by atoms with van der Waals surface area (Å²) in [7, 11) is 3.18. The second-order valence-electron chi connectivity index (χ2n) is 4.92. The first-order valence-corrected chi connectivity index (χ1v) is 9.92. The van der Waals surface area contributed by atoms with Crippen LogP contribution in [0.5, 0.6) is 5.75 Å². The van der Waals surface area contributed by atoms with Crippen molar-refractivity contribution in [2.45, 2.75) is 42.8 Å². The fourth-order valence-electron chi connectivity index (χ4n) is 2.42. The first-order valence-electron chi connectivity index (χ1n) is 6.44. The van der Waals surface area contributed by atoms with Crippen LogP contribution in [0.4, 0.5) is 0 Å². The van der Waals surface area contributed by atoms with Gasteiger partial charge in [-0.05, 0) is 31.4 Å². The van der Waals surface area contributed by atoms with E-state index < -0.39 is 9.05 Å². The standard InChI is InChI=1S/C13H15BrCl2O4S/c1-19-9-3-2-4-10(7-9)20-13-11(15)5-8(14)6-12(13)21(16,17)18/h5-6,9-10H,2-4,7H2,1H3. The largest absolute Gasteiger partial charge is 0.487 e. The van der Waals surface area contributed by atoms with Crippen molar-refractivity contribution in [1.82, 2.24) is 0 Å². The fraction of sp³-hybridized carbons (Fsp3) is 0.538. The smallest absolute Gasteiger partial charge is 0.265 e. The van der Waals surface area contributed by atoms with Crippen molar-refractivity contribution in [2.24, 2.45) is 0 Å². The highest BCUT2D eigenvalue weighted by Gasteiger charge is 2.27. The van der Waals surface area contributed by atoms with Crippen LogP contribution in [0.15, 0.2) is 21.5 Å². The molecule has 8 heteroatoms. The summed E-state index contributed by atoms with van der Waals surface area (Å²) in [5.74, 6) is 0.108. The number of benzene rings is 1. The fourth-order valence-corrected chi connectivity index (χ4v) is 4.47. The summed E-state index contributed by atoms with van der Waals surface area (Å²) in [6.45, 7) is 0. The molecule has 2 unspecified atom stereocenters. The molecule has 0 spiro atoms. The van der Waals surface area contributed by atoms with Gasteiger partial charge in [0.25, 0.3) is 9.05 Å². The van der Waals surface area contributed by atoms with Crippen LogP contribution < -0.4 is 4.74 Å². The van der Waals surface area contributed by atoms with Crippen LogP contribution in [0, 0.1) is 0 Å². The number of methoxy groups -OCH3 is 1. The van der Waals surface area contributed by atoms with Crippen LogP contribution in [0.2, 0.25) is 5.02 Å². The summed E-state index contributed by atoms with van der Waals surface area (Å²) in [6.07, 6.45) is 3.44. The van der Waals surface area contributed by atoms with Gasteiger partial charge in [-0.3, -0.25) is 0 Å². The summed E-state index contributed by atoms with van der Waals surface area (Å²) in [4.78, 5) is -0.122. The zero-order valence-corrected chi connectivity index (χ0v) is 15.2. The normalized spacial score (nSPS) is 23.0. The maximum Gasteiger partial charge on any atom is 0.265 e. The van der Waals surface area contributed by atoms with Crippen molar-refractivity contribution in [3.63, 3.8) is 0 Å². The van der Waals surface area contributed by atoms with Crippen molar-refractivity contribution in [1.29, 1.82) is 0 Å². The van der Waals surface area contributed by atoms with Gasteiger partial charge in [0.05, 0.1) is 11.1 Å². The highest BCUT2D eigenvalue weighted by atomic mass is 79.9. The summed E-state index contributed by atoms with van der Waals surface area (Å²) >= 11 is 9.32. The average molecular weight is 418 g/mol. The SMILES string of the molecule is COC1CCCC(Oc2c(Cl)cc(Br)cc2S(=O)(=O)Cl)C1. The monoisotopic (exact) mass is 416 g/mol. The van der Waals surface area contributed by atoms with E-state index in [1.54, 1.807) is 13.2 Å². The van der Waals surface area contributed by atoms with Crippen molar-refractivity contribution in [3.05, 3.63) is 21.6 Å². The lowest BCUT2D eigenvalue weighted by Gasteiger charge is -2.29. The van der Waals surface area contributed by atoms with Crippen molar-refractivity contribution >= 4 is 47.3 Å². The first kappa shape index (κ1) is 17.3. The van der Waals surface area contributed by atoms with Crippen molar-refractivity contribution < 1.29 is 17.9 Å². The quantitative estimate of drug-likeness (QED) is 0.682. The lowest BCUT2D eigenvalue weighted by Crippen LogP contribution is -2.29. The zero-order chi connectivity index (χ0) is 15.6. The van der Waals surface area contributed by atoms with Gasteiger partial charge in [0.1, 0.15) is 11.0 Å². The van der Waals surface area contributed by atoms with E-state index >= 15 is 0 Å². The van der Waals surface area contributed by atoms with Gasteiger partial charge in [-0.2, -0.15) is 0 Å². The van der Waals surface area contributed by atoms with E-state index in [1.807, 2.05) is 0 Å². The lowest BCUT2D eigenvalue weighted by molar-refractivity contribution is 0.0201. The Labute approximate surface area is 142 Å². The Hall–Kier alpha value is -0.0100. The maximum absolute atomic E-state index is 11.7. The third-order valence-corrected chi connectivity index (χ3v) is 5.50. The van der Waals surface area contributed by atoms with Crippen molar-refractivity contribution in [2.75, 3.05) is 7.11 Å². The number of hydrogen-bond donors (Lipinski definition) is 0. The summed E-state index contributed by atoms with van der Waals surface area (Å²) in [6, 6.07) is 2.97. The molecule has 1 aliphatic carbocycles. The molecule has 0 radical (unpaired) electrons. The van der Waals surface area contributed by atoms with Gasteiger partial charge in [0.2, 0.25) is 0 Å². The Kier molecular flexibility index (Phi) is 5.82. The van der Waals surface area contributed by atoms with E-state index in [2.05, 4.69) is 15.9 Å². The molecule has 2 rings (SSSR count). The van der Waals surface area contributed by atoms with Crippen LogP contribution in [0.1, 0.15) is 25.7 Å². The van der Waals surface area contributed by atoms with Gasteiger partial charge in [0.15, 0.2) is 5.75 Å². The van der Waals surface area contributed by atoms with Gasteiger partial charge >= 0.3 is 0 Å². The van der Waals surface area contributed by atoms with Gasteiger partial charge in [-0.15, -0.1) is 0 Å². The molecule has 0 aliphatic heterocycles.